The number of aromatic amines is 1. The lowest BCUT2D eigenvalue weighted by Gasteiger charge is -2.32. The molecule has 3 heterocycles. The highest BCUT2D eigenvalue weighted by Gasteiger charge is 2.28. The molecule has 2 aromatic heterocycles. The molecule has 1 aliphatic heterocycles. The Balaban J connectivity index is 1.51. The number of aromatic nitrogens is 3. The molecule has 2 N–H and O–H groups in total. The van der Waals surface area contributed by atoms with Crippen molar-refractivity contribution in [2.75, 3.05) is 13.1 Å². The number of carboxylic acids is 1. The maximum absolute atomic E-state index is 13.0. The third-order valence-corrected chi connectivity index (χ3v) is 5.48. The summed E-state index contributed by atoms with van der Waals surface area (Å²) in [6.45, 7) is 2.71. The molecule has 1 amide bonds. The van der Waals surface area contributed by atoms with Gasteiger partial charge in [0.2, 0.25) is 0 Å². The van der Waals surface area contributed by atoms with E-state index in [1.807, 2.05) is 0 Å². The Morgan fingerprint density at radius 1 is 1.28 bits per heavy atom. The number of H-pyrrole nitrogens is 1. The van der Waals surface area contributed by atoms with Crippen LogP contribution in [0.2, 0.25) is 0 Å². The highest BCUT2D eigenvalue weighted by atomic mass is 16.6. The van der Waals surface area contributed by atoms with E-state index in [0.717, 1.165) is 0 Å². The summed E-state index contributed by atoms with van der Waals surface area (Å²) in [6.07, 6.45) is 4.24. The summed E-state index contributed by atoms with van der Waals surface area (Å²) >= 11 is 0. The molecule has 10 nitrogen and oxygen atoms in total. The molecule has 29 heavy (non-hydrogen) atoms. The predicted octanol–water partition coefficient (Wildman–Crippen LogP) is 2.76. The first-order chi connectivity index (χ1) is 13.9. The third-order valence-electron chi connectivity index (χ3n) is 5.48. The van der Waals surface area contributed by atoms with Crippen LogP contribution in [0.25, 0.3) is 10.9 Å². The lowest BCUT2D eigenvalue weighted by atomic mass is 10.0. The number of hydrogen-bond donors (Lipinski definition) is 2. The molecule has 0 spiro atoms. The summed E-state index contributed by atoms with van der Waals surface area (Å²) in [7, 11) is 0. The van der Waals surface area contributed by atoms with Crippen molar-refractivity contribution in [1.29, 1.82) is 0 Å². The molecule has 1 saturated heterocycles. The van der Waals surface area contributed by atoms with Crippen molar-refractivity contribution < 1.29 is 19.6 Å². The zero-order chi connectivity index (χ0) is 20.7. The summed E-state index contributed by atoms with van der Waals surface area (Å²) in [5.41, 5.74) is 1.80. The highest BCUT2D eigenvalue weighted by molar-refractivity contribution is 6.07. The van der Waals surface area contributed by atoms with Gasteiger partial charge in [-0.05, 0) is 25.8 Å². The van der Waals surface area contributed by atoms with E-state index in [1.54, 1.807) is 28.8 Å². The maximum atomic E-state index is 13.0. The minimum Gasteiger partial charge on any atom is -0.478 e. The van der Waals surface area contributed by atoms with Crippen molar-refractivity contribution >= 4 is 28.5 Å². The van der Waals surface area contributed by atoms with Crippen molar-refractivity contribution in [1.82, 2.24) is 19.7 Å². The number of carboxylic acid groups (broad SMARTS) is 1. The van der Waals surface area contributed by atoms with Crippen LogP contribution in [0.4, 0.5) is 5.69 Å². The Bertz CT molecular complexity index is 1120. The van der Waals surface area contributed by atoms with Gasteiger partial charge in [-0.1, -0.05) is 0 Å². The van der Waals surface area contributed by atoms with Gasteiger partial charge in [-0.2, -0.15) is 5.10 Å². The normalized spacial score (nSPS) is 15.0. The number of carbonyl (C=O) groups is 2. The van der Waals surface area contributed by atoms with E-state index in [2.05, 4.69) is 10.1 Å². The first-order valence-corrected chi connectivity index (χ1v) is 9.19. The number of amides is 1. The lowest BCUT2D eigenvalue weighted by molar-refractivity contribution is -0.384. The van der Waals surface area contributed by atoms with E-state index in [0.29, 0.717) is 48.1 Å². The van der Waals surface area contributed by atoms with E-state index in [1.165, 1.54) is 18.3 Å². The van der Waals surface area contributed by atoms with Crippen molar-refractivity contribution in [3.8, 4) is 0 Å². The van der Waals surface area contributed by atoms with Crippen LogP contribution < -0.4 is 0 Å². The third kappa shape index (κ3) is 3.22. The number of fused-ring (bicyclic) bond motifs is 1. The molecule has 1 aliphatic rings. The molecule has 0 bridgehead atoms. The number of hydrogen-bond acceptors (Lipinski definition) is 5. The SMILES string of the molecule is Cc1c(C(=O)O)cnn1C1CCN(C(=O)c2c[nH]c3ccc([N+](=O)[O-])cc23)CC1. The quantitative estimate of drug-likeness (QED) is 0.513. The molecular formula is C19H19N5O5. The summed E-state index contributed by atoms with van der Waals surface area (Å²) in [5, 5.41) is 25.0. The average Bonchev–Trinajstić information content (AvgIpc) is 3.30. The van der Waals surface area contributed by atoms with Gasteiger partial charge in [0.25, 0.3) is 11.6 Å². The van der Waals surface area contributed by atoms with Gasteiger partial charge in [-0.15, -0.1) is 0 Å². The second-order valence-electron chi connectivity index (χ2n) is 7.11. The second kappa shape index (κ2) is 7.04. The van der Waals surface area contributed by atoms with Crippen LogP contribution in [0.5, 0.6) is 0 Å². The number of piperidine rings is 1. The fraction of sp³-hybridized carbons (Fsp3) is 0.316. The number of non-ortho nitro benzene ring substituents is 1. The number of rotatable bonds is 4. The number of nitrogens with one attached hydrogen (secondary N) is 1. The first kappa shape index (κ1) is 18.7. The Hall–Kier alpha value is -3.69. The smallest absolute Gasteiger partial charge is 0.339 e. The van der Waals surface area contributed by atoms with E-state index in [9.17, 15) is 24.8 Å². The second-order valence-corrected chi connectivity index (χ2v) is 7.11. The average molecular weight is 397 g/mol. The van der Waals surface area contributed by atoms with Crippen LogP contribution in [-0.2, 0) is 0 Å². The Morgan fingerprint density at radius 3 is 2.62 bits per heavy atom. The van der Waals surface area contributed by atoms with Gasteiger partial charge < -0.3 is 15.0 Å². The van der Waals surface area contributed by atoms with E-state index >= 15 is 0 Å². The van der Waals surface area contributed by atoms with Crippen molar-refractivity contribution in [2.45, 2.75) is 25.8 Å². The summed E-state index contributed by atoms with van der Waals surface area (Å²) in [4.78, 5) is 39.5. The minimum absolute atomic E-state index is 0.0243. The number of likely N-dealkylation sites (tertiary alicyclic amines) is 1. The van der Waals surface area contributed by atoms with Gasteiger partial charge in [0.15, 0.2) is 0 Å². The van der Waals surface area contributed by atoms with Gasteiger partial charge in [-0.3, -0.25) is 19.6 Å². The van der Waals surface area contributed by atoms with Crippen molar-refractivity contribution in [2.24, 2.45) is 0 Å². The molecule has 150 valence electrons. The number of carbonyl (C=O) groups excluding carboxylic acids is 1. The van der Waals surface area contributed by atoms with Crippen molar-refractivity contribution in [3.63, 3.8) is 0 Å². The molecule has 10 heteroatoms. The molecule has 4 rings (SSSR count). The molecular weight excluding hydrogens is 378 g/mol. The fourth-order valence-corrected chi connectivity index (χ4v) is 3.88. The predicted molar refractivity (Wildman–Crippen MR) is 103 cm³/mol. The minimum atomic E-state index is -1.00. The Morgan fingerprint density at radius 2 is 2.00 bits per heavy atom. The van der Waals surface area contributed by atoms with E-state index in [4.69, 9.17) is 0 Å². The number of benzene rings is 1. The van der Waals surface area contributed by atoms with E-state index in [-0.39, 0.29) is 23.2 Å². The number of nitro groups is 1. The van der Waals surface area contributed by atoms with Gasteiger partial charge in [0.1, 0.15) is 5.56 Å². The standard InChI is InChI=1S/C19H19N5O5/c1-11-15(19(26)27)10-21-23(11)12-4-6-22(7-5-12)18(25)16-9-20-17-3-2-13(24(28)29)8-14(16)17/h2-3,8-10,12,20H,4-7H2,1H3,(H,26,27). The zero-order valence-electron chi connectivity index (χ0n) is 15.7. The van der Waals surface area contributed by atoms with Crippen LogP contribution in [-0.4, -0.2) is 54.7 Å². The largest absolute Gasteiger partial charge is 0.478 e. The number of aromatic carboxylic acids is 1. The lowest BCUT2D eigenvalue weighted by Crippen LogP contribution is -2.39. The Labute approximate surface area is 164 Å². The molecule has 1 aromatic carbocycles. The van der Waals surface area contributed by atoms with E-state index < -0.39 is 10.9 Å². The zero-order valence-corrected chi connectivity index (χ0v) is 15.7. The topological polar surface area (TPSA) is 134 Å². The molecule has 0 unspecified atom stereocenters. The first-order valence-electron chi connectivity index (χ1n) is 9.19. The van der Waals surface area contributed by atoms with Crippen LogP contribution in [0.3, 0.4) is 0 Å². The summed E-state index contributed by atoms with van der Waals surface area (Å²) in [5.74, 6) is -1.19. The maximum Gasteiger partial charge on any atom is 0.339 e. The molecule has 0 atom stereocenters. The fourth-order valence-electron chi connectivity index (χ4n) is 3.88. The van der Waals surface area contributed by atoms with Gasteiger partial charge >= 0.3 is 5.97 Å². The highest BCUT2D eigenvalue weighted by Crippen LogP contribution is 2.28. The molecule has 0 radical (unpaired) electrons. The molecule has 0 aliphatic carbocycles. The van der Waals surface area contributed by atoms with Crippen LogP contribution in [0.1, 0.15) is 45.3 Å². The van der Waals surface area contributed by atoms with Gasteiger partial charge in [0.05, 0.1) is 28.4 Å². The summed E-state index contributed by atoms with van der Waals surface area (Å²) < 4.78 is 1.72. The number of nitro benzene ring substituents is 1. The van der Waals surface area contributed by atoms with Crippen LogP contribution in [0, 0.1) is 17.0 Å². The molecule has 1 fully saturated rings. The monoisotopic (exact) mass is 397 g/mol. The van der Waals surface area contributed by atoms with Gasteiger partial charge in [0, 0.05) is 42.3 Å². The Kier molecular flexibility index (Phi) is 4.53. The number of nitrogens with zero attached hydrogens (tertiary/aromatic N) is 4. The van der Waals surface area contributed by atoms with Crippen molar-refractivity contribution in [3.05, 3.63) is 57.5 Å². The van der Waals surface area contributed by atoms with Gasteiger partial charge in [-0.25, -0.2) is 4.79 Å². The van der Waals surface area contributed by atoms with Crippen LogP contribution >= 0.6 is 0 Å². The van der Waals surface area contributed by atoms with Crippen LogP contribution in [0.15, 0.2) is 30.6 Å². The molecule has 3 aromatic rings. The summed E-state index contributed by atoms with van der Waals surface area (Å²) in [6, 6.07) is 4.43. The molecule has 0 saturated carbocycles.